The van der Waals surface area contributed by atoms with E-state index in [1.807, 2.05) is 37.4 Å². The molecule has 1 saturated heterocycles. The van der Waals surface area contributed by atoms with Gasteiger partial charge in [-0.2, -0.15) is 0 Å². The summed E-state index contributed by atoms with van der Waals surface area (Å²) in [5.74, 6) is 0.857. The highest BCUT2D eigenvalue weighted by atomic mass is 16.5. The van der Waals surface area contributed by atoms with Crippen molar-refractivity contribution < 1.29 is 14.6 Å². The van der Waals surface area contributed by atoms with Gasteiger partial charge in [-0.05, 0) is 25.0 Å². The van der Waals surface area contributed by atoms with Crippen molar-refractivity contribution in [2.24, 2.45) is 0 Å². The van der Waals surface area contributed by atoms with E-state index in [1.54, 1.807) is 4.68 Å². The molecule has 6 heteroatoms. The van der Waals surface area contributed by atoms with E-state index in [2.05, 4.69) is 10.3 Å². The predicted octanol–water partition coefficient (Wildman–Crippen LogP) is 1.71. The lowest BCUT2D eigenvalue weighted by molar-refractivity contribution is -0.0512. The molecule has 0 bridgehead atoms. The molecule has 2 atom stereocenters. The molecule has 0 spiro atoms. The molecule has 1 aromatic carbocycles. The second-order valence-electron chi connectivity index (χ2n) is 5.66. The molecule has 2 aromatic rings. The lowest BCUT2D eigenvalue weighted by Crippen LogP contribution is -2.32. The van der Waals surface area contributed by atoms with Crippen LogP contribution in [0, 0.1) is 6.92 Å². The number of hydrogen-bond donors (Lipinski definition) is 1. The van der Waals surface area contributed by atoms with Crippen molar-refractivity contribution in [1.29, 1.82) is 0 Å². The molecule has 0 radical (unpaired) electrons. The van der Waals surface area contributed by atoms with Gasteiger partial charge in [0, 0.05) is 13.0 Å². The van der Waals surface area contributed by atoms with Crippen LogP contribution < -0.4 is 4.74 Å². The summed E-state index contributed by atoms with van der Waals surface area (Å²) in [6.07, 6.45) is 2.95. The van der Waals surface area contributed by atoms with Crippen LogP contribution in [0.5, 0.6) is 5.75 Å². The van der Waals surface area contributed by atoms with E-state index >= 15 is 0 Å². The number of hydrogen-bond acceptors (Lipinski definition) is 5. The molecule has 1 fully saturated rings. The molecule has 6 nitrogen and oxygen atoms in total. The van der Waals surface area contributed by atoms with Crippen LogP contribution in [0.15, 0.2) is 30.5 Å². The number of nitrogens with zero attached hydrogens (tertiary/aromatic N) is 3. The lowest BCUT2D eigenvalue weighted by atomic mass is 10.1. The normalized spacial score (nSPS) is 21.7. The molecule has 0 aliphatic carbocycles. The molecule has 1 aromatic heterocycles. The molecule has 1 N–H and O–H groups in total. The molecule has 22 heavy (non-hydrogen) atoms. The zero-order valence-electron chi connectivity index (χ0n) is 12.7. The maximum absolute atomic E-state index is 9.65. The van der Waals surface area contributed by atoms with Gasteiger partial charge in [0.25, 0.3) is 0 Å². The number of aliphatic hydroxyl groups excluding tert-OH is 1. The smallest absolute Gasteiger partial charge is 0.134 e. The summed E-state index contributed by atoms with van der Waals surface area (Å²) >= 11 is 0. The fourth-order valence-corrected chi connectivity index (χ4v) is 2.56. The van der Waals surface area contributed by atoms with Crippen LogP contribution in [-0.2, 0) is 17.9 Å². The first kappa shape index (κ1) is 15.0. The van der Waals surface area contributed by atoms with Gasteiger partial charge in [0.15, 0.2) is 0 Å². The van der Waals surface area contributed by atoms with Crippen LogP contribution in [0.1, 0.15) is 24.1 Å². The third-order valence-electron chi connectivity index (χ3n) is 3.79. The van der Waals surface area contributed by atoms with Crippen molar-refractivity contribution in [3.8, 4) is 5.75 Å². The van der Waals surface area contributed by atoms with Crippen LogP contribution in [0.3, 0.4) is 0 Å². The maximum atomic E-state index is 9.65. The summed E-state index contributed by atoms with van der Waals surface area (Å²) in [6.45, 7) is 3.61. The van der Waals surface area contributed by atoms with Crippen molar-refractivity contribution in [3.05, 3.63) is 41.7 Å². The Hall–Kier alpha value is -1.92. The van der Waals surface area contributed by atoms with E-state index in [9.17, 15) is 5.11 Å². The molecule has 1 aliphatic heterocycles. The number of rotatable bonds is 5. The van der Waals surface area contributed by atoms with Gasteiger partial charge in [-0.1, -0.05) is 23.4 Å². The minimum absolute atomic E-state index is 0.00409. The first-order valence-electron chi connectivity index (χ1n) is 7.58. The summed E-state index contributed by atoms with van der Waals surface area (Å²) in [4.78, 5) is 0. The van der Waals surface area contributed by atoms with Gasteiger partial charge in [0.1, 0.15) is 18.1 Å². The molecular weight excluding hydrogens is 282 g/mol. The topological polar surface area (TPSA) is 69.4 Å². The van der Waals surface area contributed by atoms with Crippen LogP contribution in [-0.4, -0.2) is 38.9 Å². The number of aliphatic hydroxyl groups is 1. The third-order valence-corrected chi connectivity index (χ3v) is 3.79. The van der Waals surface area contributed by atoms with Gasteiger partial charge >= 0.3 is 0 Å². The number of benzene rings is 1. The summed E-state index contributed by atoms with van der Waals surface area (Å²) in [6, 6.07) is 7.89. The summed E-state index contributed by atoms with van der Waals surface area (Å²) < 4.78 is 13.1. The summed E-state index contributed by atoms with van der Waals surface area (Å²) in [5, 5.41) is 17.9. The van der Waals surface area contributed by atoms with Crippen molar-refractivity contribution in [1.82, 2.24) is 15.0 Å². The quantitative estimate of drug-likeness (QED) is 0.910. The molecule has 3 rings (SSSR count). The lowest BCUT2D eigenvalue weighted by Gasteiger charge is -2.26. The van der Waals surface area contributed by atoms with E-state index in [0.717, 1.165) is 17.0 Å². The van der Waals surface area contributed by atoms with Crippen LogP contribution in [0.25, 0.3) is 0 Å². The number of aryl methyl sites for hydroxylation is 1. The SMILES string of the molecule is Cc1ccccc1OCc1cn(CC2CC(O)CCO2)nn1. The highest BCUT2D eigenvalue weighted by Crippen LogP contribution is 2.18. The van der Waals surface area contributed by atoms with E-state index < -0.39 is 0 Å². The molecule has 1 aliphatic rings. The monoisotopic (exact) mass is 303 g/mol. The first-order valence-corrected chi connectivity index (χ1v) is 7.58. The van der Waals surface area contributed by atoms with Gasteiger partial charge < -0.3 is 14.6 Å². The Balaban J connectivity index is 1.54. The summed E-state index contributed by atoms with van der Waals surface area (Å²) in [5.41, 5.74) is 1.87. The van der Waals surface area contributed by atoms with Crippen LogP contribution >= 0.6 is 0 Å². The van der Waals surface area contributed by atoms with Gasteiger partial charge in [-0.3, -0.25) is 0 Å². The average Bonchev–Trinajstić information content (AvgIpc) is 2.94. The predicted molar refractivity (Wildman–Crippen MR) is 80.5 cm³/mol. The standard InChI is InChI=1S/C16H21N3O3/c1-12-4-2-3-5-16(12)22-11-13-9-19(18-17-13)10-15-8-14(20)6-7-21-15/h2-5,9,14-15,20H,6-8,10-11H2,1H3. The van der Waals surface area contributed by atoms with Gasteiger partial charge in [-0.15, -0.1) is 5.10 Å². The van der Waals surface area contributed by atoms with Gasteiger partial charge in [0.2, 0.25) is 0 Å². The number of aromatic nitrogens is 3. The fraction of sp³-hybridized carbons (Fsp3) is 0.500. The minimum atomic E-state index is -0.272. The minimum Gasteiger partial charge on any atom is -0.487 e. The Labute approximate surface area is 129 Å². The summed E-state index contributed by atoms with van der Waals surface area (Å²) in [7, 11) is 0. The molecular formula is C16H21N3O3. The molecule has 118 valence electrons. The number of para-hydroxylation sites is 1. The Morgan fingerprint density at radius 2 is 2.27 bits per heavy atom. The van der Waals surface area contributed by atoms with Crippen LogP contribution in [0.4, 0.5) is 0 Å². The highest BCUT2D eigenvalue weighted by molar-refractivity contribution is 5.31. The second kappa shape index (κ2) is 6.89. The third kappa shape index (κ3) is 3.84. The van der Waals surface area contributed by atoms with E-state index in [-0.39, 0.29) is 12.2 Å². The van der Waals surface area contributed by atoms with Crippen molar-refractivity contribution in [2.45, 2.75) is 45.1 Å². The van der Waals surface area contributed by atoms with Crippen molar-refractivity contribution >= 4 is 0 Å². The zero-order chi connectivity index (χ0) is 15.4. The average molecular weight is 303 g/mol. The largest absolute Gasteiger partial charge is 0.487 e. The van der Waals surface area contributed by atoms with Crippen LogP contribution in [0.2, 0.25) is 0 Å². The first-order chi connectivity index (χ1) is 10.7. The van der Waals surface area contributed by atoms with Crippen molar-refractivity contribution in [2.75, 3.05) is 6.61 Å². The maximum Gasteiger partial charge on any atom is 0.134 e. The van der Waals surface area contributed by atoms with Gasteiger partial charge in [0.05, 0.1) is 24.9 Å². The van der Waals surface area contributed by atoms with Gasteiger partial charge in [-0.25, -0.2) is 4.68 Å². The fourth-order valence-electron chi connectivity index (χ4n) is 2.56. The molecule has 0 saturated carbocycles. The Kier molecular flexibility index (Phi) is 4.70. The zero-order valence-corrected chi connectivity index (χ0v) is 12.7. The van der Waals surface area contributed by atoms with E-state index in [4.69, 9.17) is 9.47 Å². The van der Waals surface area contributed by atoms with E-state index in [0.29, 0.717) is 32.6 Å². The highest BCUT2D eigenvalue weighted by Gasteiger charge is 2.21. The Bertz CT molecular complexity index is 614. The van der Waals surface area contributed by atoms with E-state index in [1.165, 1.54) is 0 Å². The Morgan fingerprint density at radius 3 is 3.09 bits per heavy atom. The number of ether oxygens (including phenoxy) is 2. The molecule has 2 unspecified atom stereocenters. The molecule has 0 amide bonds. The second-order valence-corrected chi connectivity index (χ2v) is 5.66. The Morgan fingerprint density at radius 1 is 1.41 bits per heavy atom. The molecule has 2 heterocycles. The van der Waals surface area contributed by atoms with Crippen molar-refractivity contribution in [3.63, 3.8) is 0 Å².